The second-order valence-corrected chi connectivity index (χ2v) is 5.96. The van der Waals surface area contributed by atoms with Crippen molar-refractivity contribution in [1.29, 1.82) is 0 Å². The van der Waals surface area contributed by atoms with Crippen molar-refractivity contribution in [2.75, 3.05) is 6.54 Å². The van der Waals surface area contributed by atoms with Crippen molar-refractivity contribution in [3.8, 4) is 0 Å². The standard InChI is InChI=1S/C16H19NO3/c1-16(2,19)14-8-5-9-17(14)15(18)12-10-20-13-7-4-3-6-11(12)13/h3-4,6-7,10,14,19H,5,8-9H2,1-2H3. The van der Waals surface area contributed by atoms with Crippen molar-refractivity contribution in [3.63, 3.8) is 0 Å². The smallest absolute Gasteiger partial charge is 0.258 e. The third-order valence-electron chi connectivity index (χ3n) is 4.04. The fourth-order valence-corrected chi connectivity index (χ4v) is 3.04. The Hall–Kier alpha value is -1.81. The summed E-state index contributed by atoms with van der Waals surface area (Å²) in [6.45, 7) is 4.21. The number of likely N-dealkylation sites (tertiary alicyclic amines) is 1. The summed E-state index contributed by atoms with van der Waals surface area (Å²) in [5, 5.41) is 11.1. The van der Waals surface area contributed by atoms with Gasteiger partial charge in [-0.15, -0.1) is 0 Å². The average Bonchev–Trinajstić information content (AvgIpc) is 3.04. The Morgan fingerprint density at radius 3 is 2.90 bits per heavy atom. The summed E-state index contributed by atoms with van der Waals surface area (Å²) in [6.07, 6.45) is 3.29. The molecule has 1 atom stereocenters. The first-order chi connectivity index (χ1) is 9.48. The van der Waals surface area contributed by atoms with E-state index in [1.807, 2.05) is 24.3 Å². The topological polar surface area (TPSA) is 53.7 Å². The molecule has 1 aliphatic heterocycles. The van der Waals surface area contributed by atoms with Crippen LogP contribution in [0.5, 0.6) is 0 Å². The van der Waals surface area contributed by atoms with Gasteiger partial charge in [0.25, 0.3) is 5.91 Å². The van der Waals surface area contributed by atoms with Gasteiger partial charge in [0.15, 0.2) is 0 Å². The molecule has 20 heavy (non-hydrogen) atoms. The minimum absolute atomic E-state index is 0.0559. The Kier molecular flexibility index (Phi) is 3.05. The third-order valence-corrected chi connectivity index (χ3v) is 4.04. The SMILES string of the molecule is CC(C)(O)C1CCCN1C(=O)c1coc2ccccc12. The molecule has 106 valence electrons. The van der Waals surface area contributed by atoms with Crippen LogP contribution in [0, 0.1) is 0 Å². The molecule has 1 aromatic carbocycles. The summed E-state index contributed by atoms with van der Waals surface area (Å²) < 4.78 is 5.44. The molecular formula is C16H19NO3. The van der Waals surface area contributed by atoms with E-state index in [0.29, 0.717) is 12.1 Å². The van der Waals surface area contributed by atoms with Crippen molar-refractivity contribution in [3.05, 3.63) is 36.1 Å². The predicted molar refractivity (Wildman–Crippen MR) is 76.6 cm³/mol. The van der Waals surface area contributed by atoms with Crippen LogP contribution >= 0.6 is 0 Å². The van der Waals surface area contributed by atoms with E-state index in [4.69, 9.17) is 4.42 Å². The summed E-state index contributed by atoms with van der Waals surface area (Å²) in [6, 6.07) is 7.38. The van der Waals surface area contributed by atoms with Crippen molar-refractivity contribution >= 4 is 16.9 Å². The number of fused-ring (bicyclic) bond motifs is 1. The van der Waals surface area contributed by atoms with E-state index in [-0.39, 0.29) is 11.9 Å². The van der Waals surface area contributed by atoms with Gasteiger partial charge >= 0.3 is 0 Å². The van der Waals surface area contributed by atoms with Gasteiger partial charge in [-0.3, -0.25) is 4.79 Å². The highest BCUT2D eigenvalue weighted by Crippen LogP contribution is 2.30. The van der Waals surface area contributed by atoms with Crippen molar-refractivity contribution in [2.45, 2.75) is 38.3 Å². The summed E-state index contributed by atoms with van der Waals surface area (Å²) in [7, 11) is 0. The highest BCUT2D eigenvalue weighted by atomic mass is 16.3. The molecule has 0 radical (unpaired) electrons. The van der Waals surface area contributed by atoms with E-state index in [1.165, 1.54) is 6.26 Å². The number of amides is 1. The zero-order valence-electron chi connectivity index (χ0n) is 11.8. The van der Waals surface area contributed by atoms with Gasteiger partial charge in [-0.2, -0.15) is 0 Å². The molecule has 4 nitrogen and oxygen atoms in total. The number of rotatable bonds is 2. The Labute approximate surface area is 118 Å². The van der Waals surface area contributed by atoms with Gasteiger partial charge in [0.05, 0.1) is 17.2 Å². The molecule has 1 unspecified atom stereocenters. The second-order valence-electron chi connectivity index (χ2n) is 5.96. The van der Waals surface area contributed by atoms with Gasteiger partial charge in [0.2, 0.25) is 0 Å². The van der Waals surface area contributed by atoms with Crippen LogP contribution in [-0.4, -0.2) is 34.1 Å². The van der Waals surface area contributed by atoms with E-state index in [0.717, 1.165) is 23.8 Å². The Balaban J connectivity index is 1.96. The molecule has 2 heterocycles. The van der Waals surface area contributed by atoms with E-state index >= 15 is 0 Å². The normalized spacial score (nSPS) is 19.8. The van der Waals surface area contributed by atoms with Gasteiger partial charge in [-0.25, -0.2) is 0 Å². The maximum Gasteiger partial charge on any atom is 0.258 e. The first kappa shape index (κ1) is 13.2. The number of furan rings is 1. The maximum absolute atomic E-state index is 12.7. The van der Waals surface area contributed by atoms with Crippen LogP contribution in [0.15, 0.2) is 34.9 Å². The lowest BCUT2D eigenvalue weighted by Gasteiger charge is -2.33. The fraction of sp³-hybridized carbons (Fsp3) is 0.438. The second kappa shape index (κ2) is 4.63. The molecule has 1 amide bonds. The number of nitrogens with zero attached hydrogens (tertiary/aromatic N) is 1. The minimum Gasteiger partial charge on any atom is -0.463 e. The lowest BCUT2D eigenvalue weighted by Crippen LogP contribution is -2.48. The van der Waals surface area contributed by atoms with Crippen molar-refractivity contribution < 1.29 is 14.3 Å². The van der Waals surface area contributed by atoms with Crippen LogP contribution in [0.1, 0.15) is 37.0 Å². The number of para-hydroxylation sites is 1. The molecule has 1 aromatic heterocycles. The Bertz CT molecular complexity index is 638. The maximum atomic E-state index is 12.7. The zero-order valence-corrected chi connectivity index (χ0v) is 11.8. The first-order valence-corrected chi connectivity index (χ1v) is 6.98. The van der Waals surface area contributed by atoms with Crippen LogP contribution < -0.4 is 0 Å². The molecule has 3 rings (SSSR count). The van der Waals surface area contributed by atoms with Crippen LogP contribution in [0.25, 0.3) is 11.0 Å². The molecule has 2 aromatic rings. The van der Waals surface area contributed by atoms with E-state index < -0.39 is 5.60 Å². The predicted octanol–water partition coefficient (Wildman–Crippen LogP) is 2.81. The molecule has 4 heteroatoms. The highest BCUT2D eigenvalue weighted by molar-refractivity contribution is 6.06. The van der Waals surface area contributed by atoms with Gasteiger partial charge in [0.1, 0.15) is 11.8 Å². The Morgan fingerprint density at radius 2 is 2.15 bits per heavy atom. The number of hydrogen-bond acceptors (Lipinski definition) is 3. The van der Waals surface area contributed by atoms with Crippen LogP contribution in [-0.2, 0) is 0 Å². The molecule has 1 aliphatic rings. The number of aliphatic hydroxyl groups is 1. The summed E-state index contributed by atoms with van der Waals surface area (Å²) in [5.74, 6) is -0.0559. The minimum atomic E-state index is -0.883. The summed E-state index contributed by atoms with van der Waals surface area (Å²) in [5.41, 5.74) is 0.415. The fourth-order valence-electron chi connectivity index (χ4n) is 3.04. The quantitative estimate of drug-likeness (QED) is 0.915. The molecule has 0 spiro atoms. The molecule has 1 N–H and O–H groups in total. The van der Waals surface area contributed by atoms with Crippen LogP contribution in [0.4, 0.5) is 0 Å². The van der Waals surface area contributed by atoms with Gasteiger partial charge < -0.3 is 14.4 Å². The van der Waals surface area contributed by atoms with Crippen molar-refractivity contribution in [1.82, 2.24) is 4.90 Å². The largest absolute Gasteiger partial charge is 0.463 e. The lowest BCUT2D eigenvalue weighted by molar-refractivity contribution is 0.000370. The number of benzene rings is 1. The van der Waals surface area contributed by atoms with Crippen LogP contribution in [0.3, 0.4) is 0 Å². The Morgan fingerprint density at radius 1 is 1.40 bits per heavy atom. The van der Waals surface area contributed by atoms with E-state index in [1.54, 1.807) is 18.7 Å². The van der Waals surface area contributed by atoms with Crippen molar-refractivity contribution in [2.24, 2.45) is 0 Å². The highest BCUT2D eigenvalue weighted by Gasteiger charge is 2.39. The molecule has 0 aliphatic carbocycles. The molecular weight excluding hydrogens is 254 g/mol. The molecule has 0 bridgehead atoms. The molecule has 1 fully saturated rings. The zero-order chi connectivity index (χ0) is 14.3. The van der Waals surface area contributed by atoms with E-state index in [9.17, 15) is 9.90 Å². The van der Waals surface area contributed by atoms with Gasteiger partial charge in [0, 0.05) is 11.9 Å². The van der Waals surface area contributed by atoms with Gasteiger partial charge in [-0.1, -0.05) is 18.2 Å². The lowest BCUT2D eigenvalue weighted by atomic mass is 9.96. The monoisotopic (exact) mass is 273 g/mol. The van der Waals surface area contributed by atoms with E-state index in [2.05, 4.69) is 0 Å². The van der Waals surface area contributed by atoms with Crippen LogP contribution in [0.2, 0.25) is 0 Å². The van der Waals surface area contributed by atoms with Gasteiger partial charge in [-0.05, 0) is 32.8 Å². The number of hydrogen-bond donors (Lipinski definition) is 1. The molecule has 1 saturated heterocycles. The third kappa shape index (κ3) is 2.10. The number of carbonyl (C=O) groups excluding carboxylic acids is 1. The first-order valence-electron chi connectivity index (χ1n) is 6.98. The summed E-state index contributed by atoms with van der Waals surface area (Å²) in [4.78, 5) is 14.5. The summed E-state index contributed by atoms with van der Waals surface area (Å²) >= 11 is 0. The number of carbonyl (C=O) groups is 1. The average molecular weight is 273 g/mol. The molecule has 0 saturated carbocycles.